The van der Waals surface area contributed by atoms with Crippen molar-refractivity contribution in [1.29, 1.82) is 0 Å². The molecule has 0 aliphatic carbocycles. The van der Waals surface area contributed by atoms with Crippen molar-refractivity contribution in [2.24, 2.45) is 0 Å². The molecule has 7 nitrogen and oxygen atoms in total. The molecular formula is C13H13N3O4. The van der Waals surface area contributed by atoms with Gasteiger partial charge in [-0.3, -0.25) is 9.59 Å². The Morgan fingerprint density at radius 1 is 1.35 bits per heavy atom. The fraction of sp³-hybridized carbons (Fsp3) is 0.154. The Morgan fingerprint density at radius 3 is 2.85 bits per heavy atom. The number of hydrogen-bond donors (Lipinski definition) is 4. The first kappa shape index (κ1) is 13.6. The predicted octanol–water partition coefficient (Wildman–Crippen LogP) is 1.58. The number of fused-ring (bicyclic) bond motifs is 1. The summed E-state index contributed by atoms with van der Waals surface area (Å²) in [6, 6.07) is 4.67. The molecule has 0 bridgehead atoms. The zero-order valence-corrected chi connectivity index (χ0v) is 10.5. The Kier molecular flexibility index (Phi) is 3.99. The number of carbonyl (C=O) groups is 3. The summed E-state index contributed by atoms with van der Waals surface area (Å²) in [5.74, 6) is -0.979. The van der Waals surface area contributed by atoms with E-state index in [0.29, 0.717) is 22.2 Å². The highest BCUT2D eigenvalue weighted by atomic mass is 16.4. The third-order valence-corrected chi connectivity index (χ3v) is 2.75. The molecule has 1 aromatic heterocycles. The molecule has 0 aliphatic rings. The number of anilines is 1. The summed E-state index contributed by atoms with van der Waals surface area (Å²) < 4.78 is 0. The lowest BCUT2D eigenvalue weighted by atomic mass is 10.1. The first-order chi connectivity index (χ1) is 9.61. The lowest BCUT2D eigenvalue weighted by Gasteiger charge is -2.07. The van der Waals surface area contributed by atoms with Crippen LogP contribution in [-0.2, 0) is 4.79 Å². The average molecular weight is 275 g/mol. The molecule has 0 spiro atoms. The number of urea groups is 1. The summed E-state index contributed by atoms with van der Waals surface area (Å²) in [4.78, 5) is 35.7. The molecule has 0 radical (unpaired) electrons. The topological polar surface area (TPSA) is 111 Å². The molecular weight excluding hydrogens is 262 g/mol. The first-order valence-electron chi connectivity index (χ1n) is 5.93. The van der Waals surface area contributed by atoms with Crippen LogP contribution in [0.3, 0.4) is 0 Å². The number of carboxylic acids is 1. The molecule has 0 aliphatic heterocycles. The number of carboxylic acid groups (broad SMARTS) is 1. The van der Waals surface area contributed by atoms with E-state index >= 15 is 0 Å². The van der Waals surface area contributed by atoms with E-state index in [9.17, 15) is 14.4 Å². The van der Waals surface area contributed by atoms with Crippen molar-refractivity contribution in [2.45, 2.75) is 6.42 Å². The number of hydrogen-bond acceptors (Lipinski definition) is 3. The summed E-state index contributed by atoms with van der Waals surface area (Å²) in [6.45, 7) is 0.0431. The highest BCUT2D eigenvalue weighted by molar-refractivity contribution is 6.05. The van der Waals surface area contributed by atoms with Gasteiger partial charge >= 0.3 is 12.0 Å². The van der Waals surface area contributed by atoms with Gasteiger partial charge < -0.3 is 20.7 Å². The lowest BCUT2D eigenvalue weighted by molar-refractivity contribution is -0.136. The molecule has 0 fully saturated rings. The van der Waals surface area contributed by atoms with Gasteiger partial charge in [-0.2, -0.15) is 0 Å². The van der Waals surface area contributed by atoms with Gasteiger partial charge in [0, 0.05) is 23.7 Å². The molecule has 2 rings (SSSR count). The highest BCUT2D eigenvalue weighted by Crippen LogP contribution is 2.24. The van der Waals surface area contributed by atoms with E-state index < -0.39 is 12.0 Å². The predicted molar refractivity (Wildman–Crippen MR) is 73.0 cm³/mol. The Balaban J connectivity index is 2.09. The van der Waals surface area contributed by atoms with Gasteiger partial charge in [-0.25, -0.2) is 4.79 Å². The van der Waals surface area contributed by atoms with Crippen molar-refractivity contribution >= 4 is 34.9 Å². The Labute approximate surface area is 114 Å². The molecule has 1 aromatic carbocycles. The fourth-order valence-electron chi connectivity index (χ4n) is 1.83. The standard InChI is InChI=1S/C13H13N3O4/c17-7-8-6-15-12-9(8)2-1-3-10(12)16-13(20)14-5-4-11(18)19/h1-3,6-7,15H,4-5H2,(H,18,19)(H2,14,16,20). The second-order valence-corrected chi connectivity index (χ2v) is 4.11. The van der Waals surface area contributed by atoms with Crippen LogP contribution in [0.5, 0.6) is 0 Å². The van der Waals surface area contributed by atoms with Crippen molar-refractivity contribution in [3.63, 3.8) is 0 Å². The van der Waals surface area contributed by atoms with Crippen molar-refractivity contribution in [2.75, 3.05) is 11.9 Å². The number of aromatic amines is 1. The van der Waals surface area contributed by atoms with E-state index in [0.717, 1.165) is 6.29 Å². The molecule has 1 heterocycles. The van der Waals surface area contributed by atoms with Crippen LogP contribution < -0.4 is 10.6 Å². The van der Waals surface area contributed by atoms with Gasteiger partial charge in [-0.05, 0) is 6.07 Å². The van der Waals surface area contributed by atoms with E-state index in [2.05, 4.69) is 15.6 Å². The molecule has 0 saturated carbocycles. The largest absolute Gasteiger partial charge is 0.481 e. The van der Waals surface area contributed by atoms with Gasteiger partial charge in [0.25, 0.3) is 0 Å². The van der Waals surface area contributed by atoms with Crippen LogP contribution in [-0.4, -0.2) is 34.9 Å². The molecule has 0 unspecified atom stereocenters. The summed E-state index contributed by atoms with van der Waals surface area (Å²) in [7, 11) is 0. The number of nitrogens with one attached hydrogen (secondary N) is 3. The second kappa shape index (κ2) is 5.87. The van der Waals surface area contributed by atoms with Gasteiger partial charge in [-0.1, -0.05) is 12.1 Å². The SMILES string of the molecule is O=Cc1c[nH]c2c(NC(=O)NCCC(=O)O)cccc12. The summed E-state index contributed by atoms with van der Waals surface area (Å²) in [5.41, 5.74) is 1.67. The number of aliphatic carboxylic acids is 1. The number of aromatic nitrogens is 1. The van der Waals surface area contributed by atoms with E-state index in [4.69, 9.17) is 5.11 Å². The van der Waals surface area contributed by atoms with E-state index in [1.54, 1.807) is 24.4 Å². The Hall–Kier alpha value is -2.83. The number of aldehydes is 1. The van der Waals surface area contributed by atoms with Gasteiger partial charge in [-0.15, -0.1) is 0 Å². The van der Waals surface area contributed by atoms with Crippen LogP contribution in [0.1, 0.15) is 16.8 Å². The number of para-hydroxylation sites is 1. The lowest BCUT2D eigenvalue weighted by Crippen LogP contribution is -2.30. The third kappa shape index (κ3) is 2.94. The van der Waals surface area contributed by atoms with Crippen molar-refractivity contribution in [3.05, 3.63) is 30.0 Å². The van der Waals surface area contributed by atoms with Crippen LogP contribution in [0.2, 0.25) is 0 Å². The van der Waals surface area contributed by atoms with Crippen molar-refractivity contribution in [1.82, 2.24) is 10.3 Å². The maximum absolute atomic E-state index is 11.6. The average Bonchev–Trinajstić information content (AvgIpc) is 2.82. The quantitative estimate of drug-likeness (QED) is 0.620. The molecule has 0 saturated heterocycles. The summed E-state index contributed by atoms with van der Waals surface area (Å²) in [5, 5.41) is 14.2. The van der Waals surface area contributed by atoms with Crippen LogP contribution in [0.15, 0.2) is 24.4 Å². The molecule has 4 N–H and O–H groups in total. The molecule has 7 heteroatoms. The maximum atomic E-state index is 11.6. The monoisotopic (exact) mass is 275 g/mol. The van der Waals surface area contributed by atoms with E-state index in [1.807, 2.05) is 0 Å². The smallest absolute Gasteiger partial charge is 0.319 e. The van der Waals surface area contributed by atoms with Crippen LogP contribution >= 0.6 is 0 Å². The van der Waals surface area contributed by atoms with Crippen LogP contribution in [0.25, 0.3) is 10.9 Å². The second-order valence-electron chi connectivity index (χ2n) is 4.11. The Bertz CT molecular complexity index is 663. The zero-order valence-electron chi connectivity index (χ0n) is 10.5. The maximum Gasteiger partial charge on any atom is 0.319 e. The number of benzene rings is 1. The molecule has 0 atom stereocenters. The number of rotatable bonds is 5. The normalized spacial score (nSPS) is 10.2. The minimum atomic E-state index is -0.979. The first-order valence-corrected chi connectivity index (χ1v) is 5.93. The summed E-state index contributed by atoms with van der Waals surface area (Å²) >= 11 is 0. The van der Waals surface area contributed by atoms with E-state index in [1.165, 1.54) is 0 Å². The third-order valence-electron chi connectivity index (χ3n) is 2.75. The zero-order chi connectivity index (χ0) is 14.5. The van der Waals surface area contributed by atoms with Gasteiger partial charge in [0.15, 0.2) is 6.29 Å². The fourth-order valence-corrected chi connectivity index (χ4v) is 1.83. The van der Waals surface area contributed by atoms with Gasteiger partial charge in [0.05, 0.1) is 17.6 Å². The molecule has 20 heavy (non-hydrogen) atoms. The van der Waals surface area contributed by atoms with E-state index in [-0.39, 0.29) is 13.0 Å². The van der Waals surface area contributed by atoms with Crippen LogP contribution in [0.4, 0.5) is 10.5 Å². The highest BCUT2D eigenvalue weighted by Gasteiger charge is 2.09. The van der Waals surface area contributed by atoms with Crippen molar-refractivity contribution in [3.8, 4) is 0 Å². The number of H-pyrrole nitrogens is 1. The van der Waals surface area contributed by atoms with Crippen molar-refractivity contribution < 1.29 is 19.5 Å². The van der Waals surface area contributed by atoms with Gasteiger partial charge in [0.1, 0.15) is 0 Å². The minimum Gasteiger partial charge on any atom is -0.481 e. The molecule has 2 amide bonds. The number of carbonyl (C=O) groups excluding carboxylic acids is 2. The Morgan fingerprint density at radius 2 is 2.15 bits per heavy atom. The summed E-state index contributed by atoms with van der Waals surface area (Å²) in [6.07, 6.45) is 2.15. The van der Waals surface area contributed by atoms with Crippen LogP contribution in [0, 0.1) is 0 Å². The van der Waals surface area contributed by atoms with Gasteiger partial charge in [0.2, 0.25) is 0 Å². The minimum absolute atomic E-state index is 0.0431. The molecule has 104 valence electrons. The number of amides is 2. The molecule has 2 aromatic rings.